The maximum Gasteiger partial charge on any atom is 0.246 e. The van der Waals surface area contributed by atoms with Crippen LogP contribution in [0.25, 0.3) is 0 Å². The molecule has 0 radical (unpaired) electrons. The van der Waals surface area contributed by atoms with Crippen molar-refractivity contribution in [1.29, 1.82) is 0 Å². The average Bonchev–Trinajstić information content (AvgIpc) is 2.52. The second-order valence-electron chi connectivity index (χ2n) is 7.15. The fraction of sp³-hybridized carbons (Fsp3) is 0.562. The lowest BCUT2D eigenvalue weighted by atomic mass is 9.86. The number of benzene rings is 1. The van der Waals surface area contributed by atoms with Gasteiger partial charge in [-0.3, -0.25) is 4.79 Å². The van der Waals surface area contributed by atoms with Gasteiger partial charge < -0.3 is 10.6 Å². The van der Waals surface area contributed by atoms with Crippen LogP contribution in [-0.4, -0.2) is 55.8 Å². The summed E-state index contributed by atoms with van der Waals surface area (Å²) in [5.74, 6) is -2.21. The summed E-state index contributed by atoms with van der Waals surface area (Å²) in [5.41, 5.74) is 5.56. The van der Waals surface area contributed by atoms with Crippen LogP contribution in [0.2, 0.25) is 0 Å². The highest BCUT2D eigenvalue weighted by molar-refractivity contribution is 7.89. The number of carbonyl (C=O) groups excluding carboxylic acids is 1. The number of hydrogen-bond acceptors (Lipinski definition) is 4. The van der Waals surface area contributed by atoms with Crippen molar-refractivity contribution in [2.75, 3.05) is 26.2 Å². The third-order valence-corrected chi connectivity index (χ3v) is 6.19. The molecule has 1 saturated heterocycles. The Hall–Kier alpha value is -1.29. The molecule has 26 heavy (non-hydrogen) atoms. The van der Waals surface area contributed by atoms with Gasteiger partial charge in [-0.1, -0.05) is 20.8 Å². The fourth-order valence-corrected chi connectivity index (χ4v) is 4.01. The highest BCUT2D eigenvalue weighted by atomic mass is 35.5. The van der Waals surface area contributed by atoms with Gasteiger partial charge in [-0.25, -0.2) is 17.2 Å². The van der Waals surface area contributed by atoms with E-state index in [1.807, 2.05) is 20.8 Å². The third-order valence-electron chi connectivity index (χ3n) is 4.26. The van der Waals surface area contributed by atoms with Crippen LogP contribution in [0.15, 0.2) is 23.1 Å². The summed E-state index contributed by atoms with van der Waals surface area (Å²) in [6.07, 6.45) is 0. The van der Waals surface area contributed by atoms with E-state index in [0.717, 1.165) is 16.4 Å². The molecule has 0 aromatic heterocycles. The van der Waals surface area contributed by atoms with Crippen LogP contribution >= 0.6 is 12.4 Å². The molecule has 2 N–H and O–H groups in total. The first-order chi connectivity index (χ1) is 11.4. The molecule has 10 heteroatoms. The van der Waals surface area contributed by atoms with E-state index in [4.69, 9.17) is 5.73 Å². The highest BCUT2D eigenvalue weighted by Crippen LogP contribution is 2.23. The van der Waals surface area contributed by atoms with Crippen molar-refractivity contribution >= 4 is 28.3 Å². The molecule has 1 fully saturated rings. The van der Waals surface area contributed by atoms with Gasteiger partial charge >= 0.3 is 0 Å². The lowest BCUT2D eigenvalue weighted by Gasteiger charge is -2.37. The summed E-state index contributed by atoms with van der Waals surface area (Å²) in [7, 11) is -4.08. The minimum Gasteiger partial charge on any atom is -0.339 e. The summed E-state index contributed by atoms with van der Waals surface area (Å²) >= 11 is 0. The Morgan fingerprint density at radius 1 is 1.15 bits per heavy atom. The molecule has 2 rings (SSSR count). The van der Waals surface area contributed by atoms with E-state index < -0.39 is 38.0 Å². The first-order valence-electron chi connectivity index (χ1n) is 7.94. The zero-order valence-corrected chi connectivity index (χ0v) is 16.5. The van der Waals surface area contributed by atoms with E-state index in [1.165, 1.54) is 4.90 Å². The molecule has 1 heterocycles. The number of rotatable bonds is 3. The van der Waals surface area contributed by atoms with Gasteiger partial charge in [-0.05, 0) is 17.5 Å². The zero-order valence-electron chi connectivity index (χ0n) is 14.9. The monoisotopic (exact) mass is 411 g/mol. The molecule has 0 aliphatic carbocycles. The SMILES string of the molecule is CC(C)(C)[C@H](N)C(=O)N1CCN(S(=O)(=O)c2ccc(F)cc2F)CC1.Cl. The number of halogens is 3. The smallest absolute Gasteiger partial charge is 0.246 e. The van der Waals surface area contributed by atoms with Crippen LogP contribution in [0, 0.1) is 17.0 Å². The molecular weight excluding hydrogens is 388 g/mol. The van der Waals surface area contributed by atoms with E-state index in [1.54, 1.807) is 0 Å². The summed E-state index contributed by atoms with van der Waals surface area (Å²) in [6.45, 7) is 5.97. The van der Waals surface area contributed by atoms with Crippen molar-refractivity contribution in [2.24, 2.45) is 11.1 Å². The number of carbonyl (C=O) groups is 1. The molecule has 1 aliphatic heterocycles. The number of piperazine rings is 1. The van der Waals surface area contributed by atoms with E-state index >= 15 is 0 Å². The topological polar surface area (TPSA) is 83.7 Å². The highest BCUT2D eigenvalue weighted by Gasteiger charge is 2.36. The molecule has 148 valence electrons. The lowest BCUT2D eigenvalue weighted by Crippen LogP contribution is -2.56. The third kappa shape index (κ3) is 4.70. The standard InChI is InChI=1S/C16H23F2N3O3S.ClH/c1-16(2,3)14(19)15(22)20-6-8-21(9-7-20)25(23,24)13-5-4-11(17)10-12(13)18;/h4-5,10,14H,6-9,19H2,1-3H3;1H/t14-;/m1./s1. The maximum atomic E-state index is 13.8. The first-order valence-corrected chi connectivity index (χ1v) is 9.38. The molecule has 0 unspecified atom stereocenters. The van der Waals surface area contributed by atoms with Crippen LogP contribution < -0.4 is 5.73 Å². The number of amides is 1. The van der Waals surface area contributed by atoms with Gasteiger partial charge in [0.25, 0.3) is 0 Å². The number of nitrogens with two attached hydrogens (primary N) is 1. The number of nitrogens with zero attached hydrogens (tertiary/aromatic N) is 2. The minimum atomic E-state index is -4.08. The van der Waals surface area contributed by atoms with Crippen molar-refractivity contribution in [3.8, 4) is 0 Å². The van der Waals surface area contributed by atoms with Crippen LogP contribution in [0.1, 0.15) is 20.8 Å². The quantitative estimate of drug-likeness (QED) is 0.818. The molecule has 0 spiro atoms. The van der Waals surface area contributed by atoms with E-state index in [0.29, 0.717) is 6.07 Å². The fourth-order valence-electron chi connectivity index (χ4n) is 2.54. The van der Waals surface area contributed by atoms with Gasteiger partial charge in [0, 0.05) is 32.2 Å². The molecule has 1 aromatic rings. The maximum absolute atomic E-state index is 13.8. The van der Waals surface area contributed by atoms with Gasteiger partial charge in [-0.15, -0.1) is 12.4 Å². The van der Waals surface area contributed by atoms with E-state index in [2.05, 4.69) is 0 Å². The van der Waals surface area contributed by atoms with Gasteiger partial charge in [0.2, 0.25) is 15.9 Å². The van der Waals surface area contributed by atoms with Crippen molar-refractivity contribution in [3.05, 3.63) is 29.8 Å². The molecular formula is C16H24ClF2N3O3S. The summed E-state index contributed by atoms with van der Waals surface area (Å²) in [6, 6.07) is 1.66. The molecule has 1 aromatic carbocycles. The molecule has 1 amide bonds. The largest absolute Gasteiger partial charge is 0.339 e. The predicted octanol–water partition coefficient (Wildman–Crippen LogP) is 1.59. The number of hydrogen-bond donors (Lipinski definition) is 1. The van der Waals surface area contributed by atoms with Crippen molar-refractivity contribution in [3.63, 3.8) is 0 Å². The van der Waals surface area contributed by atoms with E-state index in [-0.39, 0.29) is 44.5 Å². The number of sulfonamides is 1. The summed E-state index contributed by atoms with van der Waals surface area (Å²) in [5, 5.41) is 0. The Bertz CT molecular complexity index is 760. The van der Waals surface area contributed by atoms with Crippen LogP contribution in [0.3, 0.4) is 0 Å². The van der Waals surface area contributed by atoms with E-state index in [9.17, 15) is 22.0 Å². The van der Waals surface area contributed by atoms with Gasteiger partial charge in [0.1, 0.15) is 16.5 Å². The Labute approximate surface area is 158 Å². The predicted molar refractivity (Wildman–Crippen MR) is 96.4 cm³/mol. The van der Waals surface area contributed by atoms with Gasteiger partial charge in [0.05, 0.1) is 6.04 Å². The Morgan fingerprint density at radius 2 is 1.69 bits per heavy atom. The molecule has 1 aliphatic rings. The van der Waals surface area contributed by atoms with Crippen molar-refractivity contribution in [2.45, 2.75) is 31.7 Å². The molecule has 6 nitrogen and oxygen atoms in total. The van der Waals surface area contributed by atoms with Crippen molar-refractivity contribution in [1.82, 2.24) is 9.21 Å². The minimum absolute atomic E-state index is 0. The van der Waals surface area contributed by atoms with Crippen LogP contribution in [0.4, 0.5) is 8.78 Å². The van der Waals surface area contributed by atoms with Crippen LogP contribution in [-0.2, 0) is 14.8 Å². The molecule has 0 saturated carbocycles. The Balaban J connectivity index is 0.00000338. The second kappa shape index (κ2) is 8.16. The summed E-state index contributed by atoms with van der Waals surface area (Å²) < 4.78 is 52.9. The first kappa shape index (κ1) is 22.8. The lowest BCUT2D eigenvalue weighted by molar-refractivity contribution is -0.136. The van der Waals surface area contributed by atoms with Gasteiger partial charge in [0.15, 0.2) is 0 Å². The Kier molecular flexibility index (Phi) is 7.14. The molecule has 1 atom stereocenters. The normalized spacial score (nSPS) is 17.5. The zero-order chi connectivity index (χ0) is 19.0. The Morgan fingerprint density at radius 3 is 2.15 bits per heavy atom. The summed E-state index contributed by atoms with van der Waals surface area (Å²) in [4.78, 5) is 13.3. The molecule has 0 bridgehead atoms. The second-order valence-corrected chi connectivity index (χ2v) is 9.05. The van der Waals surface area contributed by atoms with Gasteiger partial charge in [-0.2, -0.15) is 4.31 Å². The average molecular weight is 412 g/mol. The van der Waals surface area contributed by atoms with Crippen molar-refractivity contribution < 1.29 is 22.0 Å². The van der Waals surface area contributed by atoms with Crippen LogP contribution in [0.5, 0.6) is 0 Å².